The van der Waals surface area contributed by atoms with Gasteiger partial charge in [0.1, 0.15) is 6.61 Å². The zero-order valence-electron chi connectivity index (χ0n) is 11.4. The number of rotatable bonds is 4. The van der Waals surface area contributed by atoms with Gasteiger partial charge in [-0.15, -0.1) is 0 Å². The summed E-state index contributed by atoms with van der Waals surface area (Å²) in [6, 6.07) is 5.29. The number of carbonyl (C=O) groups is 1. The first-order valence-electron chi connectivity index (χ1n) is 6.66. The minimum Gasteiger partial charge on any atom is -0.367 e. The number of alkyl halides is 3. The first-order valence-corrected chi connectivity index (χ1v) is 6.66. The Morgan fingerprint density at radius 1 is 1.33 bits per heavy atom. The molecule has 0 aliphatic carbocycles. The van der Waals surface area contributed by atoms with Crippen LogP contribution >= 0.6 is 0 Å². The Hall–Kier alpha value is -1.60. The highest BCUT2D eigenvalue weighted by molar-refractivity contribution is 5.78. The van der Waals surface area contributed by atoms with Gasteiger partial charge in [0.2, 0.25) is 5.91 Å². The van der Waals surface area contributed by atoms with E-state index in [4.69, 9.17) is 10.5 Å². The zero-order valence-corrected chi connectivity index (χ0v) is 11.4. The number of nitrogens with zero attached hydrogens (tertiary/aromatic N) is 1. The second kappa shape index (κ2) is 6.44. The molecule has 2 N–H and O–H groups in total. The van der Waals surface area contributed by atoms with E-state index in [2.05, 4.69) is 0 Å². The molecule has 0 radical (unpaired) electrons. The molecule has 1 aromatic rings. The molecule has 21 heavy (non-hydrogen) atoms. The maximum absolute atomic E-state index is 13.0. The molecule has 2 rings (SSSR count). The van der Waals surface area contributed by atoms with Crippen LogP contribution in [-0.4, -0.2) is 36.6 Å². The Kier molecular flexibility index (Phi) is 4.84. The molecule has 4 nitrogen and oxygen atoms in total. The summed E-state index contributed by atoms with van der Waals surface area (Å²) in [7, 11) is 0. The number of morpholine rings is 1. The molecule has 0 saturated carbocycles. The van der Waals surface area contributed by atoms with Crippen molar-refractivity contribution in [1.82, 2.24) is 4.90 Å². The molecule has 0 aromatic heterocycles. The van der Waals surface area contributed by atoms with Crippen molar-refractivity contribution in [2.45, 2.75) is 25.2 Å². The molecule has 1 heterocycles. The molecule has 1 saturated heterocycles. The number of benzene rings is 1. The van der Waals surface area contributed by atoms with Crippen molar-refractivity contribution < 1.29 is 22.7 Å². The third-order valence-corrected chi connectivity index (χ3v) is 3.39. The quantitative estimate of drug-likeness (QED) is 0.922. The number of amides is 1. The summed E-state index contributed by atoms with van der Waals surface area (Å²) in [5.41, 5.74) is 4.82. The predicted octanol–water partition coefficient (Wildman–Crippen LogP) is 1.78. The van der Waals surface area contributed by atoms with Crippen molar-refractivity contribution in [2.24, 2.45) is 5.73 Å². The Labute approximate surface area is 120 Å². The topological polar surface area (TPSA) is 55.6 Å². The van der Waals surface area contributed by atoms with Gasteiger partial charge in [-0.3, -0.25) is 4.79 Å². The fourth-order valence-electron chi connectivity index (χ4n) is 2.33. The van der Waals surface area contributed by atoms with Gasteiger partial charge >= 0.3 is 6.18 Å². The van der Waals surface area contributed by atoms with Gasteiger partial charge in [-0.25, -0.2) is 0 Å². The lowest BCUT2D eigenvalue weighted by Crippen LogP contribution is -2.46. The Morgan fingerprint density at radius 2 is 2.05 bits per heavy atom. The fourth-order valence-corrected chi connectivity index (χ4v) is 2.33. The predicted molar refractivity (Wildman–Crippen MR) is 70.3 cm³/mol. The second-order valence-electron chi connectivity index (χ2n) is 4.94. The monoisotopic (exact) mass is 302 g/mol. The molecule has 0 spiro atoms. The largest absolute Gasteiger partial charge is 0.416 e. The summed E-state index contributed by atoms with van der Waals surface area (Å²) in [6.45, 7) is 0.492. The maximum atomic E-state index is 13.0. The highest BCUT2D eigenvalue weighted by Crippen LogP contribution is 2.32. The van der Waals surface area contributed by atoms with Gasteiger partial charge in [0.25, 0.3) is 0 Å². The first-order chi connectivity index (χ1) is 9.91. The minimum absolute atomic E-state index is 0.0705. The summed E-state index contributed by atoms with van der Waals surface area (Å²) in [4.78, 5) is 13.2. The van der Waals surface area contributed by atoms with Gasteiger partial charge < -0.3 is 15.4 Å². The van der Waals surface area contributed by atoms with Gasteiger partial charge in [0.15, 0.2) is 0 Å². The van der Waals surface area contributed by atoms with E-state index in [-0.39, 0.29) is 37.3 Å². The Balaban J connectivity index is 2.15. The molecule has 1 aromatic carbocycles. The lowest BCUT2D eigenvalue weighted by molar-refractivity contribution is -0.151. The number of carbonyl (C=O) groups excluding carboxylic acids is 1. The highest BCUT2D eigenvalue weighted by Gasteiger charge is 2.34. The summed E-state index contributed by atoms with van der Waals surface area (Å²) in [5, 5.41) is 0. The normalized spacial score (nSPS) is 19.9. The lowest BCUT2D eigenvalue weighted by atomic mass is 10.1. The first kappa shape index (κ1) is 15.8. The van der Waals surface area contributed by atoms with Crippen LogP contribution in [0.3, 0.4) is 0 Å². The number of nitrogens with two attached hydrogens (primary N) is 1. The van der Waals surface area contributed by atoms with Crippen LogP contribution in [0.4, 0.5) is 13.2 Å². The SMILES string of the molecule is NCCC1CN(Cc2ccccc2C(F)(F)F)C(=O)CO1. The van der Waals surface area contributed by atoms with E-state index >= 15 is 0 Å². The third kappa shape index (κ3) is 3.95. The fraction of sp³-hybridized carbons (Fsp3) is 0.500. The molecule has 7 heteroatoms. The zero-order chi connectivity index (χ0) is 15.5. The smallest absolute Gasteiger partial charge is 0.367 e. The van der Waals surface area contributed by atoms with E-state index in [1.54, 1.807) is 0 Å². The Morgan fingerprint density at radius 3 is 2.71 bits per heavy atom. The van der Waals surface area contributed by atoms with E-state index in [1.807, 2.05) is 0 Å². The van der Waals surface area contributed by atoms with Gasteiger partial charge in [-0.05, 0) is 24.6 Å². The van der Waals surface area contributed by atoms with E-state index in [0.717, 1.165) is 6.07 Å². The molecule has 1 aliphatic rings. The molecule has 1 atom stereocenters. The molecular weight excluding hydrogens is 285 g/mol. The molecule has 1 unspecified atom stereocenters. The van der Waals surface area contributed by atoms with Crippen molar-refractivity contribution in [2.75, 3.05) is 19.7 Å². The van der Waals surface area contributed by atoms with Crippen molar-refractivity contribution >= 4 is 5.91 Å². The van der Waals surface area contributed by atoms with Crippen LogP contribution in [-0.2, 0) is 22.3 Å². The summed E-state index contributed by atoms with van der Waals surface area (Å²) in [5.74, 6) is -0.305. The van der Waals surface area contributed by atoms with Crippen LogP contribution in [0, 0.1) is 0 Å². The van der Waals surface area contributed by atoms with Gasteiger partial charge in [0.05, 0.1) is 11.7 Å². The number of halogens is 3. The minimum atomic E-state index is -4.43. The van der Waals surface area contributed by atoms with E-state index in [9.17, 15) is 18.0 Å². The van der Waals surface area contributed by atoms with Gasteiger partial charge in [0, 0.05) is 13.1 Å². The summed E-state index contributed by atoms with van der Waals surface area (Å²) in [6.07, 6.45) is -4.07. The average Bonchev–Trinajstić information content (AvgIpc) is 2.42. The maximum Gasteiger partial charge on any atom is 0.416 e. The molecular formula is C14H17F3N2O2. The van der Waals surface area contributed by atoms with Crippen LogP contribution in [0.2, 0.25) is 0 Å². The highest BCUT2D eigenvalue weighted by atomic mass is 19.4. The van der Waals surface area contributed by atoms with Gasteiger partial charge in [-0.1, -0.05) is 18.2 Å². The van der Waals surface area contributed by atoms with Gasteiger partial charge in [-0.2, -0.15) is 13.2 Å². The van der Waals surface area contributed by atoms with E-state index < -0.39 is 11.7 Å². The lowest BCUT2D eigenvalue weighted by Gasteiger charge is -2.33. The van der Waals surface area contributed by atoms with Crippen LogP contribution in [0.5, 0.6) is 0 Å². The third-order valence-electron chi connectivity index (χ3n) is 3.39. The molecule has 1 fully saturated rings. The molecule has 116 valence electrons. The second-order valence-corrected chi connectivity index (χ2v) is 4.94. The standard InChI is InChI=1S/C14H17F3N2O2/c15-14(16,17)12-4-2-1-3-10(12)7-19-8-11(5-6-18)21-9-13(19)20/h1-4,11H,5-9,18H2. The molecule has 0 bridgehead atoms. The van der Waals surface area contributed by atoms with Crippen molar-refractivity contribution in [1.29, 1.82) is 0 Å². The number of hydrogen-bond donors (Lipinski definition) is 1. The Bertz CT molecular complexity index is 505. The summed E-state index contributed by atoms with van der Waals surface area (Å²) < 4.78 is 44.2. The van der Waals surface area contributed by atoms with Crippen LogP contribution in [0.15, 0.2) is 24.3 Å². The van der Waals surface area contributed by atoms with Crippen molar-refractivity contribution in [3.8, 4) is 0 Å². The van der Waals surface area contributed by atoms with Crippen LogP contribution < -0.4 is 5.73 Å². The van der Waals surface area contributed by atoms with E-state index in [0.29, 0.717) is 13.0 Å². The number of hydrogen-bond acceptors (Lipinski definition) is 3. The molecule has 1 amide bonds. The van der Waals surface area contributed by atoms with Crippen molar-refractivity contribution in [3.05, 3.63) is 35.4 Å². The average molecular weight is 302 g/mol. The summed E-state index contributed by atoms with van der Waals surface area (Å²) >= 11 is 0. The van der Waals surface area contributed by atoms with Crippen molar-refractivity contribution in [3.63, 3.8) is 0 Å². The van der Waals surface area contributed by atoms with Crippen LogP contribution in [0.25, 0.3) is 0 Å². The molecule has 1 aliphatic heterocycles. The van der Waals surface area contributed by atoms with Crippen LogP contribution in [0.1, 0.15) is 17.5 Å². The van der Waals surface area contributed by atoms with E-state index in [1.165, 1.54) is 23.1 Å². The number of ether oxygens (including phenoxy) is 1.